The van der Waals surface area contributed by atoms with Gasteiger partial charge in [0.1, 0.15) is 6.29 Å². The molecule has 0 saturated heterocycles. The van der Waals surface area contributed by atoms with Crippen LogP contribution in [0, 0.1) is 0 Å². The second-order valence-electron chi connectivity index (χ2n) is 2.64. The maximum absolute atomic E-state index is 10.1. The highest BCUT2D eigenvalue weighted by molar-refractivity contribution is 5.74. The molecule has 0 amide bonds. The predicted octanol–water partition coefficient (Wildman–Crippen LogP) is 0.828. The molecular formula is C11H13NO. The van der Waals surface area contributed by atoms with Gasteiger partial charge in [0.25, 0.3) is 0 Å². The van der Waals surface area contributed by atoms with Crippen LogP contribution in [-0.4, -0.2) is 11.3 Å². The number of carbonyl (C=O) groups is 1. The highest BCUT2D eigenvalue weighted by Crippen LogP contribution is 1.89. The zero-order valence-electron chi connectivity index (χ0n) is 7.87. The molecule has 0 aromatic carbocycles. The van der Waals surface area contributed by atoms with Gasteiger partial charge in [0, 0.05) is 16.8 Å². The zero-order valence-corrected chi connectivity index (χ0v) is 7.87. The normalized spacial score (nSPS) is 14.3. The first-order valence-corrected chi connectivity index (χ1v) is 4.25. The van der Waals surface area contributed by atoms with Gasteiger partial charge in [-0.25, -0.2) is 0 Å². The molecule has 0 atom stereocenters. The molecule has 0 radical (unpaired) electrons. The highest BCUT2D eigenvalue weighted by Gasteiger charge is 1.92. The van der Waals surface area contributed by atoms with E-state index in [4.69, 9.17) is 0 Å². The van der Waals surface area contributed by atoms with Crippen molar-refractivity contribution < 1.29 is 4.79 Å². The number of hydrogen-bond donors (Lipinski definition) is 1. The molecule has 68 valence electrons. The average molecular weight is 175 g/mol. The maximum Gasteiger partial charge on any atom is 0.142 e. The minimum absolute atomic E-state index is 0.780. The van der Waals surface area contributed by atoms with Crippen LogP contribution in [0.3, 0.4) is 0 Å². The second-order valence-corrected chi connectivity index (χ2v) is 2.64. The van der Waals surface area contributed by atoms with Gasteiger partial charge in [-0.3, -0.25) is 4.79 Å². The van der Waals surface area contributed by atoms with Crippen LogP contribution in [0.5, 0.6) is 0 Å². The van der Waals surface area contributed by atoms with Crippen molar-refractivity contribution in [3.05, 3.63) is 28.4 Å². The number of H-pyrrole nitrogens is 1. The summed E-state index contributed by atoms with van der Waals surface area (Å²) in [4.78, 5) is 13.3. The standard InChI is InChI=1S/C11H13NO/c1-3-10-9(6-5-7-13)8-12-11(10)4-2/h3-8,12H,1-2H3/b6-5+,10-3-,11-4+. The molecule has 0 aliphatic carbocycles. The number of aromatic amines is 1. The van der Waals surface area contributed by atoms with Gasteiger partial charge in [-0.05, 0) is 31.6 Å². The fourth-order valence-corrected chi connectivity index (χ4v) is 1.31. The molecule has 0 aliphatic rings. The topological polar surface area (TPSA) is 32.9 Å². The van der Waals surface area contributed by atoms with Gasteiger partial charge in [-0.1, -0.05) is 12.2 Å². The Morgan fingerprint density at radius 1 is 1.31 bits per heavy atom. The minimum Gasteiger partial charge on any atom is -0.361 e. The summed E-state index contributed by atoms with van der Waals surface area (Å²) in [6, 6.07) is 0. The molecule has 0 fully saturated rings. The van der Waals surface area contributed by atoms with Crippen molar-refractivity contribution in [1.29, 1.82) is 0 Å². The average Bonchev–Trinajstić information content (AvgIpc) is 2.56. The van der Waals surface area contributed by atoms with Crippen LogP contribution in [-0.2, 0) is 4.79 Å². The summed E-state index contributed by atoms with van der Waals surface area (Å²) < 4.78 is 0. The first-order valence-electron chi connectivity index (χ1n) is 4.25. The summed E-state index contributed by atoms with van der Waals surface area (Å²) >= 11 is 0. The zero-order chi connectivity index (χ0) is 9.68. The first kappa shape index (κ1) is 9.52. The molecule has 0 aliphatic heterocycles. The molecule has 0 unspecified atom stereocenters. The lowest BCUT2D eigenvalue weighted by molar-refractivity contribution is -0.104. The molecule has 2 heteroatoms. The molecule has 1 aromatic heterocycles. The summed E-state index contributed by atoms with van der Waals surface area (Å²) in [5.74, 6) is 0. The molecule has 1 N–H and O–H groups in total. The Hall–Kier alpha value is -1.57. The third kappa shape index (κ3) is 1.96. The molecule has 1 aromatic rings. The largest absolute Gasteiger partial charge is 0.361 e. The lowest BCUT2D eigenvalue weighted by Crippen LogP contribution is -2.23. The minimum atomic E-state index is 0.780. The van der Waals surface area contributed by atoms with E-state index in [1.165, 1.54) is 6.08 Å². The third-order valence-corrected chi connectivity index (χ3v) is 1.92. The summed E-state index contributed by atoms with van der Waals surface area (Å²) in [6.07, 6.45) is 10.00. The van der Waals surface area contributed by atoms with E-state index < -0.39 is 0 Å². The van der Waals surface area contributed by atoms with E-state index in [1.807, 2.05) is 32.2 Å². The van der Waals surface area contributed by atoms with Crippen molar-refractivity contribution in [3.63, 3.8) is 0 Å². The Labute approximate surface area is 77.3 Å². The van der Waals surface area contributed by atoms with Crippen molar-refractivity contribution in [2.75, 3.05) is 0 Å². The van der Waals surface area contributed by atoms with Gasteiger partial charge in [0.05, 0.1) is 0 Å². The van der Waals surface area contributed by atoms with Crippen molar-refractivity contribution >= 4 is 24.5 Å². The van der Waals surface area contributed by atoms with Crippen LogP contribution in [0.1, 0.15) is 19.4 Å². The van der Waals surface area contributed by atoms with Gasteiger partial charge in [-0.2, -0.15) is 0 Å². The van der Waals surface area contributed by atoms with Crippen LogP contribution in [0.4, 0.5) is 0 Å². The Kier molecular flexibility index (Phi) is 3.26. The van der Waals surface area contributed by atoms with Crippen molar-refractivity contribution in [1.82, 2.24) is 4.98 Å². The Morgan fingerprint density at radius 2 is 2.08 bits per heavy atom. The van der Waals surface area contributed by atoms with Crippen LogP contribution in [0.15, 0.2) is 12.3 Å². The quantitative estimate of drug-likeness (QED) is 0.524. The van der Waals surface area contributed by atoms with E-state index in [0.717, 1.165) is 22.4 Å². The number of allylic oxidation sites excluding steroid dienone is 1. The van der Waals surface area contributed by atoms with Crippen LogP contribution >= 0.6 is 0 Å². The SMILES string of the molecule is C/C=c1/c(/C=C/C=O)c[nH]/c1=C/C. The van der Waals surface area contributed by atoms with Gasteiger partial charge in [0.2, 0.25) is 0 Å². The summed E-state index contributed by atoms with van der Waals surface area (Å²) in [5, 5.41) is 2.23. The summed E-state index contributed by atoms with van der Waals surface area (Å²) in [7, 11) is 0. The van der Waals surface area contributed by atoms with Crippen LogP contribution < -0.4 is 10.6 Å². The third-order valence-electron chi connectivity index (χ3n) is 1.92. The number of aromatic nitrogens is 1. The monoisotopic (exact) mass is 175 g/mol. The van der Waals surface area contributed by atoms with Crippen molar-refractivity contribution in [2.24, 2.45) is 0 Å². The number of nitrogens with one attached hydrogen (secondary N) is 1. The van der Waals surface area contributed by atoms with Gasteiger partial charge < -0.3 is 4.98 Å². The fraction of sp³-hybridized carbons (Fsp3) is 0.182. The number of aldehydes is 1. The molecular weight excluding hydrogens is 162 g/mol. The van der Waals surface area contributed by atoms with Crippen LogP contribution in [0.25, 0.3) is 18.2 Å². The molecule has 0 bridgehead atoms. The number of hydrogen-bond acceptors (Lipinski definition) is 1. The van der Waals surface area contributed by atoms with E-state index in [0.29, 0.717) is 0 Å². The summed E-state index contributed by atoms with van der Waals surface area (Å²) in [5.41, 5.74) is 1.04. The number of rotatable bonds is 2. The smallest absolute Gasteiger partial charge is 0.142 e. The van der Waals surface area contributed by atoms with Gasteiger partial charge in [-0.15, -0.1) is 0 Å². The maximum atomic E-state index is 10.1. The van der Waals surface area contributed by atoms with Gasteiger partial charge in [0.15, 0.2) is 0 Å². The highest BCUT2D eigenvalue weighted by atomic mass is 16.1. The lowest BCUT2D eigenvalue weighted by atomic mass is 10.2. The lowest BCUT2D eigenvalue weighted by Gasteiger charge is -1.82. The van der Waals surface area contributed by atoms with E-state index in [2.05, 4.69) is 4.98 Å². The van der Waals surface area contributed by atoms with Crippen molar-refractivity contribution in [3.8, 4) is 0 Å². The number of carbonyl (C=O) groups excluding carboxylic acids is 1. The van der Waals surface area contributed by atoms with Crippen molar-refractivity contribution in [2.45, 2.75) is 13.8 Å². The Bertz CT molecular complexity index is 423. The van der Waals surface area contributed by atoms with E-state index in [9.17, 15) is 4.79 Å². The predicted molar refractivity (Wildman–Crippen MR) is 55.4 cm³/mol. The van der Waals surface area contributed by atoms with Gasteiger partial charge >= 0.3 is 0 Å². The van der Waals surface area contributed by atoms with Crippen LogP contribution in [0.2, 0.25) is 0 Å². The molecule has 13 heavy (non-hydrogen) atoms. The van der Waals surface area contributed by atoms with E-state index in [-0.39, 0.29) is 0 Å². The fourth-order valence-electron chi connectivity index (χ4n) is 1.31. The molecule has 1 rings (SSSR count). The Balaban J connectivity index is 3.33. The van der Waals surface area contributed by atoms with E-state index in [1.54, 1.807) is 6.08 Å². The molecule has 2 nitrogen and oxygen atoms in total. The first-order chi connectivity index (χ1) is 6.33. The molecule has 0 saturated carbocycles. The molecule has 0 spiro atoms. The molecule has 1 heterocycles. The Morgan fingerprint density at radius 3 is 2.62 bits per heavy atom. The summed E-state index contributed by atoms with van der Waals surface area (Å²) in [6.45, 7) is 3.96. The second kappa shape index (κ2) is 4.45. The van der Waals surface area contributed by atoms with E-state index >= 15 is 0 Å².